The molecule has 0 aromatic rings. The summed E-state index contributed by atoms with van der Waals surface area (Å²) in [5, 5.41) is 2.95. The summed E-state index contributed by atoms with van der Waals surface area (Å²) >= 11 is 0. The van der Waals surface area contributed by atoms with E-state index in [1.54, 1.807) is 0 Å². The van der Waals surface area contributed by atoms with Crippen LogP contribution in [0.4, 0.5) is 0 Å². The number of nitrogens with one attached hydrogen (secondary N) is 1. The Kier molecular flexibility index (Phi) is 5.45. The van der Waals surface area contributed by atoms with Gasteiger partial charge in [-0.05, 0) is 32.9 Å². The molecule has 2 N–H and O–H groups in total. The van der Waals surface area contributed by atoms with Crippen molar-refractivity contribution in [1.29, 1.82) is 0 Å². The van der Waals surface area contributed by atoms with Gasteiger partial charge in [-0.3, -0.25) is 4.55 Å². The maximum Gasteiger partial charge on any atom is 0.264 e. The van der Waals surface area contributed by atoms with Crippen LogP contribution in [0, 0.1) is 6.92 Å². The van der Waals surface area contributed by atoms with Crippen molar-refractivity contribution in [3.63, 3.8) is 0 Å². The van der Waals surface area contributed by atoms with Crippen molar-refractivity contribution in [2.45, 2.75) is 12.8 Å². The Labute approximate surface area is 67.7 Å². The minimum Gasteiger partial charge on any atom is -0.317 e. The predicted molar refractivity (Wildman–Crippen MR) is 43.9 cm³/mol. The molecule has 0 heterocycles. The van der Waals surface area contributed by atoms with Crippen LogP contribution < -0.4 is 5.32 Å². The summed E-state index contributed by atoms with van der Waals surface area (Å²) in [4.78, 5) is 0. The molecule has 5 heteroatoms. The lowest BCUT2D eigenvalue weighted by Gasteiger charge is -1.99. The van der Waals surface area contributed by atoms with E-state index in [0.717, 1.165) is 13.0 Å². The molecule has 0 spiro atoms. The summed E-state index contributed by atoms with van der Waals surface area (Å²) < 4.78 is 28.7. The third kappa shape index (κ3) is 9.87. The summed E-state index contributed by atoms with van der Waals surface area (Å²) in [5.74, 6) is -0.147. The molecule has 0 bridgehead atoms. The summed E-state index contributed by atoms with van der Waals surface area (Å²) in [7, 11) is -3.75. The molecule has 0 atom stereocenters. The van der Waals surface area contributed by atoms with E-state index in [4.69, 9.17) is 4.55 Å². The molecular formula is C6H14NO3S. The van der Waals surface area contributed by atoms with Gasteiger partial charge in [0.05, 0.1) is 5.75 Å². The molecule has 0 rings (SSSR count). The fourth-order valence-electron chi connectivity index (χ4n) is 0.659. The van der Waals surface area contributed by atoms with Gasteiger partial charge in [-0.2, -0.15) is 8.42 Å². The highest BCUT2D eigenvalue weighted by atomic mass is 32.2. The molecule has 1 radical (unpaired) electrons. The second-order valence-corrected chi connectivity index (χ2v) is 3.82. The first-order valence-electron chi connectivity index (χ1n) is 3.51. The van der Waals surface area contributed by atoms with Crippen molar-refractivity contribution in [3.8, 4) is 0 Å². The van der Waals surface area contributed by atoms with Crippen molar-refractivity contribution in [2.75, 3.05) is 18.8 Å². The third-order valence-corrected chi connectivity index (χ3v) is 1.99. The first-order valence-corrected chi connectivity index (χ1v) is 5.12. The number of rotatable bonds is 6. The van der Waals surface area contributed by atoms with Gasteiger partial charge in [0, 0.05) is 0 Å². The molecular weight excluding hydrogens is 166 g/mol. The molecule has 0 saturated carbocycles. The van der Waals surface area contributed by atoms with E-state index in [1.165, 1.54) is 0 Å². The topological polar surface area (TPSA) is 66.4 Å². The Bertz CT molecular complexity index is 176. The van der Waals surface area contributed by atoms with Crippen LogP contribution in [0.1, 0.15) is 12.8 Å². The second kappa shape index (κ2) is 5.51. The highest BCUT2D eigenvalue weighted by Gasteiger charge is 2.01. The predicted octanol–water partition coefficient (Wildman–Crippen LogP) is 0.0781. The molecule has 11 heavy (non-hydrogen) atoms. The minimum absolute atomic E-state index is 0.147. The van der Waals surface area contributed by atoms with E-state index in [9.17, 15) is 8.42 Å². The fraction of sp³-hybridized carbons (Fsp3) is 0.833. The summed E-state index contributed by atoms with van der Waals surface area (Å²) in [6.07, 6.45) is 1.24. The Hall–Kier alpha value is -0.130. The lowest BCUT2D eigenvalue weighted by molar-refractivity contribution is 0.479. The maximum absolute atomic E-state index is 10.2. The Morgan fingerprint density at radius 2 is 2.00 bits per heavy atom. The summed E-state index contributed by atoms with van der Waals surface area (Å²) in [5.41, 5.74) is 0. The fourth-order valence-corrected chi connectivity index (χ4v) is 1.23. The van der Waals surface area contributed by atoms with Gasteiger partial charge in [0.1, 0.15) is 0 Å². The molecule has 67 valence electrons. The molecule has 0 aromatic heterocycles. The van der Waals surface area contributed by atoms with Gasteiger partial charge in [0.2, 0.25) is 0 Å². The summed E-state index contributed by atoms with van der Waals surface area (Å²) in [6.45, 7) is 4.95. The standard InChI is InChI=1S/C6H14NO3S/c1-2-7-5-3-4-6-11(8,9)10/h7H,1-6H2,(H,8,9,10). The van der Waals surface area contributed by atoms with Crippen molar-refractivity contribution in [1.82, 2.24) is 5.32 Å². The highest BCUT2D eigenvalue weighted by molar-refractivity contribution is 7.85. The van der Waals surface area contributed by atoms with E-state index < -0.39 is 10.1 Å². The lowest BCUT2D eigenvalue weighted by atomic mass is 10.3. The van der Waals surface area contributed by atoms with E-state index in [-0.39, 0.29) is 5.75 Å². The Balaban J connectivity index is 3.16. The maximum atomic E-state index is 10.2. The second-order valence-electron chi connectivity index (χ2n) is 2.24. The molecule has 0 aromatic carbocycles. The monoisotopic (exact) mass is 180 g/mol. The van der Waals surface area contributed by atoms with Gasteiger partial charge in [0.25, 0.3) is 10.1 Å². The molecule has 0 amide bonds. The lowest BCUT2D eigenvalue weighted by Crippen LogP contribution is -2.15. The van der Waals surface area contributed by atoms with E-state index in [0.29, 0.717) is 13.0 Å². The Morgan fingerprint density at radius 1 is 1.36 bits per heavy atom. The Morgan fingerprint density at radius 3 is 2.45 bits per heavy atom. The average molecular weight is 180 g/mol. The molecule has 0 aliphatic heterocycles. The molecule has 0 unspecified atom stereocenters. The van der Waals surface area contributed by atoms with Crippen molar-refractivity contribution in [3.05, 3.63) is 6.92 Å². The van der Waals surface area contributed by atoms with Crippen LogP contribution in [-0.4, -0.2) is 31.8 Å². The minimum atomic E-state index is -3.75. The zero-order chi connectivity index (χ0) is 8.74. The van der Waals surface area contributed by atoms with Gasteiger partial charge in [-0.1, -0.05) is 0 Å². The van der Waals surface area contributed by atoms with Crippen LogP contribution in [0.15, 0.2) is 0 Å². The average Bonchev–Trinajstić information content (AvgIpc) is 1.85. The van der Waals surface area contributed by atoms with Crippen LogP contribution in [0.5, 0.6) is 0 Å². The first-order chi connectivity index (χ1) is 5.06. The molecule has 0 aliphatic carbocycles. The number of hydrogen-bond acceptors (Lipinski definition) is 3. The zero-order valence-electron chi connectivity index (χ0n) is 6.41. The van der Waals surface area contributed by atoms with E-state index in [1.807, 2.05) is 0 Å². The molecule has 4 nitrogen and oxygen atoms in total. The number of unbranched alkanes of at least 4 members (excludes halogenated alkanes) is 1. The number of hydrogen-bond donors (Lipinski definition) is 2. The first kappa shape index (κ1) is 10.9. The SMILES string of the molecule is [CH2]CNCCCCS(=O)(=O)O. The van der Waals surface area contributed by atoms with Gasteiger partial charge in [0.15, 0.2) is 0 Å². The third-order valence-electron chi connectivity index (χ3n) is 1.18. The van der Waals surface area contributed by atoms with E-state index in [2.05, 4.69) is 12.2 Å². The van der Waals surface area contributed by atoms with Crippen LogP contribution in [0.3, 0.4) is 0 Å². The van der Waals surface area contributed by atoms with Gasteiger partial charge in [-0.15, -0.1) is 0 Å². The van der Waals surface area contributed by atoms with Crippen LogP contribution in [0.25, 0.3) is 0 Å². The largest absolute Gasteiger partial charge is 0.317 e. The van der Waals surface area contributed by atoms with Gasteiger partial charge >= 0.3 is 0 Å². The van der Waals surface area contributed by atoms with E-state index >= 15 is 0 Å². The zero-order valence-corrected chi connectivity index (χ0v) is 7.23. The summed E-state index contributed by atoms with van der Waals surface area (Å²) in [6, 6.07) is 0. The van der Waals surface area contributed by atoms with Crippen LogP contribution in [0.2, 0.25) is 0 Å². The van der Waals surface area contributed by atoms with Crippen LogP contribution >= 0.6 is 0 Å². The van der Waals surface area contributed by atoms with Crippen LogP contribution in [-0.2, 0) is 10.1 Å². The smallest absolute Gasteiger partial charge is 0.264 e. The highest BCUT2D eigenvalue weighted by Crippen LogP contribution is 1.91. The van der Waals surface area contributed by atoms with Crippen molar-refractivity contribution < 1.29 is 13.0 Å². The molecule has 0 saturated heterocycles. The molecule has 0 fully saturated rings. The van der Waals surface area contributed by atoms with Crippen molar-refractivity contribution in [2.24, 2.45) is 0 Å². The quantitative estimate of drug-likeness (QED) is 0.448. The van der Waals surface area contributed by atoms with Gasteiger partial charge in [-0.25, -0.2) is 0 Å². The van der Waals surface area contributed by atoms with Gasteiger partial charge < -0.3 is 5.32 Å². The normalized spacial score (nSPS) is 11.8. The molecule has 0 aliphatic rings. The van der Waals surface area contributed by atoms with Crippen molar-refractivity contribution >= 4 is 10.1 Å².